The lowest BCUT2D eigenvalue weighted by atomic mass is 10.1. The van der Waals surface area contributed by atoms with Gasteiger partial charge in [-0.05, 0) is 26.0 Å². The molecular weight excluding hydrogens is 349 g/mol. The van der Waals surface area contributed by atoms with Crippen molar-refractivity contribution in [2.45, 2.75) is 20.0 Å². The lowest BCUT2D eigenvalue weighted by Crippen LogP contribution is -2.23. The van der Waals surface area contributed by atoms with Gasteiger partial charge in [0.15, 0.2) is 5.75 Å². The van der Waals surface area contributed by atoms with Crippen LogP contribution in [0.5, 0.6) is 5.75 Å². The van der Waals surface area contributed by atoms with Crippen molar-refractivity contribution < 1.29 is 18.7 Å². The summed E-state index contributed by atoms with van der Waals surface area (Å²) in [5.74, 6) is -1.18. The average Bonchev–Trinajstić information content (AvgIpc) is 2.98. The van der Waals surface area contributed by atoms with Crippen LogP contribution in [0.15, 0.2) is 24.3 Å². The van der Waals surface area contributed by atoms with Gasteiger partial charge in [-0.15, -0.1) is 0 Å². The molecule has 3 N–H and O–H groups in total. The summed E-state index contributed by atoms with van der Waals surface area (Å²) in [7, 11) is 1.46. The van der Waals surface area contributed by atoms with Gasteiger partial charge in [-0.25, -0.2) is 4.39 Å². The summed E-state index contributed by atoms with van der Waals surface area (Å²) in [6.45, 7) is 3.86. The quantitative estimate of drug-likeness (QED) is 0.733. The lowest BCUT2D eigenvalue weighted by Gasteiger charge is -2.16. The highest BCUT2D eigenvalue weighted by atomic mass is 35.5. The van der Waals surface area contributed by atoms with Crippen LogP contribution in [0.3, 0.4) is 0 Å². The van der Waals surface area contributed by atoms with E-state index in [-0.39, 0.29) is 33.6 Å². The van der Waals surface area contributed by atoms with Crippen molar-refractivity contribution in [2.75, 3.05) is 13.6 Å². The number of ether oxygens (including phenoxy) is 1. The smallest absolute Gasteiger partial charge is 0.271 e. The summed E-state index contributed by atoms with van der Waals surface area (Å²) in [6, 6.07) is 5.67. The number of hydrogen-bond donors (Lipinski definition) is 3. The first kappa shape index (κ1) is 18.8. The van der Waals surface area contributed by atoms with Crippen LogP contribution in [0.2, 0.25) is 5.02 Å². The van der Waals surface area contributed by atoms with E-state index in [4.69, 9.17) is 16.3 Å². The Morgan fingerprint density at radius 1 is 1.32 bits per heavy atom. The molecule has 1 unspecified atom stereocenters. The van der Waals surface area contributed by atoms with E-state index in [9.17, 15) is 14.0 Å². The molecule has 0 fully saturated rings. The molecule has 0 aliphatic rings. The number of rotatable bonds is 6. The number of aromatic amines is 1. The van der Waals surface area contributed by atoms with Crippen LogP contribution in [-0.4, -0.2) is 30.4 Å². The van der Waals surface area contributed by atoms with Crippen molar-refractivity contribution in [3.8, 4) is 5.75 Å². The van der Waals surface area contributed by atoms with Crippen LogP contribution < -0.4 is 15.4 Å². The fourth-order valence-corrected chi connectivity index (χ4v) is 2.44. The number of hydrogen-bond acceptors (Lipinski definition) is 3. The molecule has 2 rings (SSSR count). The van der Waals surface area contributed by atoms with Gasteiger partial charge in [-0.3, -0.25) is 9.59 Å². The zero-order chi connectivity index (χ0) is 18.6. The van der Waals surface area contributed by atoms with E-state index in [0.717, 1.165) is 0 Å². The first-order chi connectivity index (χ1) is 11.9. The predicted molar refractivity (Wildman–Crippen MR) is 92.6 cm³/mol. The van der Waals surface area contributed by atoms with Crippen LogP contribution >= 0.6 is 11.6 Å². The fourth-order valence-electron chi connectivity index (χ4n) is 2.29. The van der Waals surface area contributed by atoms with Crippen molar-refractivity contribution in [1.82, 2.24) is 15.6 Å². The largest absolute Gasteiger partial charge is 0.483 e. The zero-order valence-electron chi connectivity index (χ0n) is 14.1. The molecule has 25 heavy (non-hydrogen) atoms. The number of aromatic nitrogens is 1. The summed E-state index contributed by atoms with van der Waals surface area (Å²) in [5, 5.41) is 5.37. The number of benzene rings is 1. The maximum absolute atomic E-state index is 14.0. The van der Waals surface area contributed by atoms with Gasteiger partial charge in [0.25, 0.3) is 11.8 Å². The monoisotopic (exact) mass is 367 g/mol. The zero-order valence-corrected chi connectivity index (χ0v) is 14.8. The van der Waals surface area contributed by atoms with Crippen LogP contribution in [0, 0.1) is 5.82 Å². The number of carbonyl (C=O) groups is 2. The van der Waals surface area contributed by atoms with E-state index in [0.29, 0.717) is 6.54 Å². The van der Waals surface area contributed by atoms with Crippen LogP contribution in [0.25, 0.3) is 0 Å². The molecule has 1 heterocycles. The Bertz CT molecular complexity index is 791. The molecule has 134 valence electrons. The average molecular weight is 368 g/mol. The second kappa shape index (κ2) is 8.02. The standard InChI is InChI=1S/C17H19ClFN3O3/c1-4-21-16(23)13-8-14(15(22-13)17(24)20-3)25-9(2)11-6-5-10(18)7-12(11)19/h5-9,22H,4H2,1-3H3,(H,20,24)(H,21,23). The molecular formula is C17H19ClFN3O3. The van der Waals surface area contributed by atoms with Crippen LogP contribution in [-0.2, 0) is 0 Å². The fraction of sp³-hybridized carbons (Fsp3) is 0.294. The molecule has 0 saturated heterocycles. The van der Waals surface area contributed by atoms with Crippen LogP contribution in [0.4, 0.5) is 4.39 Å². The summed E-state index contributed by atoms with van der Waals surface area (Å²) in [6.07, 6.45) is -0.696. The highest BCUT2D eigenvalue weighted by Crippen LogP contribution is 2.28. The Hall–Kier alpha value is -2.54. The number of carbonyl (C=O) groups excluding carboxylic acids is 2. The summed E-state index contributed by atoms with van der Waals surface area (Å²) >= 11 is 5.75. The number of H-pyrrole nitrogens is 1. The first-order valence-corrected chi connectivity index (χ1v) is 8.10. The molecule has 1 aromatic carbocycles. The molecule has 8 heteroatoms. The van der Waals surface area contributed by atoms with Gasteiger partial charge in [0.05, 0.1) is 0 Å². The van der Waals surface area contributed by atoms with Gasteiger partial charge >= 0.3 is 0 Å². The lowest BCUT2D eigenvalue weighted by molar-refractivity contribution is 0.0951. The Balaban J connectivity index is 2.33. The number of amides is 2. The second-order valence-corrected chi connectivity index (χ2v) is 5.72. The highest BCUT2D eigenvalue weighted by Gasteiger charge is 2.22. The van der Waals surface area contributed by atoms with Gasteiger partial charge in [0.1, 0.15) is 23.3 Å². The topological polar surface area (TPSA) is 83.2 Å². The van der Waals surface area contributed by atoms with Gasteiger partial charge < -0.3 is 20.4 Å². The SMILES string of the molecule is CCNC(=O)c1cc(OC(C)c2ccc(Cl)cc2F)c(C(=O)NC)[nH]1. The van der Waals surface area contributed by atoms with E-state index in [2.05, 4.69) is 15.6 Å². The molecule has 1 aromatic heterocycles. The Kier molecular flexibility index (Phi) is 6.03. The van der Waals surface area contributed by atoms with Crippen molar-refractivity contribution in [3.05, 3.63) is 52.1 Å². The third kappa shape index (κ3) is 4.30. The molecule has 0 bridgehead atoms. The maximum atomic E-state index is 14.0. The summed E-state index contributed by atoms with van der Waals surface area (Å²) in [4.78, 5) is 26.7. The minimum Gasteiger partial charge on any atom is -0.483 e. The molecule has 0 aliphatic heterocycles. The van der Waals surface area contributed by atoms with Gasteiger partial charge in [0.2, 0.25) is 0 Å². The molecule has 0 saturated carbocycles. The van der Waals surface area contributed by atoms with E-state index >= 15 is 0 Å². The normalized spacial score (nSPS) is 11.7. The van der Waals surface area contributed by atoms with Crippen molar-refractivity contribution in [2.24, 2.45) is 0 Å². The van der Waals surface area contributed by atoms with Gasteiger partial charge in [-0.2, -0.15) is 0 Å². The van der Waals surface area contributed by atoms with Crippen molar-refractivity contribution in [1.29, 1.82) is 0 Å². The summed E-state index contributed by atoms with van der Waals surface area (Å²) < 4.78 is 19.8. The first-order valence-electron chi connectivity index (χ1n) is 7.72. The molecule has 1 atom stereocenters. The Morgan fingerprint density at radius 2 is 2.04 bits per heavy atom. The van der Waals surface area contributed by atoms with Crippen molar-refractivity contribution in [3.63, 3.8) is 0 Å². The van der Waals surface area contributed by atoms with E-state index in [1.807, 2.05) is 0 Å². The predicted octanol–water partition coefficient (Wildman–Crippen LogP) is 3.06. The molecule has 0 radical (unpaired) electrons. The molecule has 2 aromatic rings. The third-order valence-electron chi connectivity index (χ3n) is 3.52. The van der Waals surface area contributed by atoms with E-state index in [1.165, 1.54) is 25.2 Å². The number of nitrogens with one attached hydrogen (secondary N) is 3. The highest BCUT2D eigenvalue weighted by molar-refractivity contribution is 6.30. The van der Waals surface area contributed by atoms with Crippen molar-refractivity contribution >= 4 is 23.4 Å². The molecule has 2 amide bonds. The minimum absolute atomic E-state index is 0.0879. The minimum atomic E-state index is -0.696. The van der Waals surface area contributed by atoms with E-state index in [1.54, 1.807) is 19.9 Å². The van der Waals surface area contributed by atoms with Gasteiger partial charge in [-0.1, -0.05) is 17.7 Å². The summed E-state index contributed by atoms with van der Waals surface area (Å²) in [5.41, 5.74) is 0.553. The second-order valence-electron chi connectivity index (χ2n) is 5.29. The maximum Gasteiger partial charge on any atom is 0.271 e. The van der Waals surface area contributed by atoms with Crippen LogP contribution in [0.1, 0.15) is 46.5 Å². The molecule has 6 nitrogen and oxygen atoms in total. The molecule has 0 aliphatic carbocycles. The van der Waals surface area contributed by atoms with Gasteiger partial charge in [0, 0.05) is 30.2 Å². The Morgan fingerprint density at radius 3 is 2.64 bits per heavy atom. The Labute approximate surface area is 149 Å². The van der Waals surface area contributed by atoms with E-state index < -0.39 is 17.8 Å². The number of halogens is 2. The third-order valence-corrected chi connectivity index (χ3v) is 3.76. The molecule has 0 spiro atoms.